The van der Waals surface area contributed by atoms with E-state index in [4.69, 9.17) is 9.97 Å². The highest BCUT2D eigenvalue weighted by molar-refractivity contribution is 9.10. The summed E-state index contributed by atoms with van der Waals surface area (Å²) in [4.78, 5) is 10.0. The number of aromatic nitrogens is 2. The molecule has 0 saturated heterocycles. The minimum Gasteiger partial charge on any atom is -0.244 e. The van der Waals surface area contributed by atoms with E-state index in [0.717, 1.165) is 43.6 Å². The van der Waals surface area contributed by atoms with Crippen LogP contribution < -0.4 is 4.72 Å². The molecule has 0 unspecified atom stereocenters. The van der Waals surface area contributed by atoms with Crippen LogP contribution in [0.3, 0.4) is 0 Å². The van der Waals surface area contributed by atoms with Crippen LogP contribution >= 0.6 is 15.9 Å². The normalized spacial score (nSPS) is 11.6. The Labute approximate surface area is 206 Å². The average Bonchev–Trinajstić information content (AvgIpc) is 2.88. The van der Waals surface area contributed by atoms with E-state index in [2.05, 4.69) is 20.7 Å². The van der Waals surface area contributed by atoms with Gasteiger partial charge < -0.3 is 0 Å². The lowest BCUT2D eigenvalue weighted by Crippen LogP contribution is -2.23. The fraction of sp³-hybridized carbons (Fsp3) is 0.0370. The van der Waals surface area contributed by atoms with Crippen molar-refractivity contribution in [3.05, 3.63) is 113 Å². The molecular weight excluding hydrogens is 510 g/mol. The third-order valence-corrected chi connectivity index (χ3v) is 7.38. The second kappa shape index (κ2) is 9.46. The Hall–Kier alpha value is -3.39. The highest BCUT2D eigenvalue weighted by Gasteiger charge is 2.15. The molecule has 1 heterocycles. The maximum absolute atomic E-state index is 12.6. The highest BCUT2D eigenvalue weighted by atomic mass is 79.9. The van der Waals surface area contributed by atoms with Crippen molar-refractivity contribution in [1.29, 1.82) is 0 Å². The summed E-state index contributed by atoms with van der Waals surface area (Å²) in [6.45, 7) is 0.188. The standard InChI is InChI=1S/C27H20BrN3O2S/c28-22-14-16-23(17-15-22)34(32,33)29-18-19-10-12-21(13-11-19)27-26(20-6-2-1-3-7-20)30-24-8-4-5-9-25(24)31-27/h1-17,29H,18H2. The minimum absolute atomic E-state index is 0.188. The van der Waals surface area contributed by atoms with E-state index in [1.54, 1.807) is 24.3 Å². The first-order valence-corrected chi connectivity index (χ1v) is 12.9. The molecule has 0 fully saturated rings. The lowest BCUT2D eigenvalue weighted by molar-refractivity contribution is 0.581. The summed E-state index contributed by atoms with van der Waals surface area (Å²) < 4.78 is 28.7. The molecular formula is C27H20BrN3O2S. The molecule has 0 amide bonds. The van der Waals surface area contributed by atoms with Gasteiger partial charge in [-0.25, -0.2) is 23.1 Å². The summed E-state index contributed by atoms with van der Waals surface area (Å²) >= 11 is 3.32. The number of halogens is 1. The van der Waals surface area contributed by atoms with Crippen molar-refractivity contribution in [3.8, 4) is 22.5 Å². The van der Waals surface area contributed by atoms with Crippen LogP contribution in [0.1, 0.15) is 5.56 Å². The fourth-order valence-electron chi connectivity index (χ4n) is 3.65. The number of nitrogens with zero attached hydrogens (tertiary/aromatic N) is 2. The molecule has 0 saturated carbocycles. The predicted octanol–water partition coefficient (Wildman–Crippen LogP) is 6.20. The Balaban J connectivity index is 1.44. The molecule has 0 aliphatic carbocycles. The lowest BCUT2D eigenvalue weighted by Gasteiger charge is -2.11. The first kappa shape index (κ1) is 22.4. The van der Waals surface area contributed by atoms with Gasteiger partial charge in [-0.1, -0.05) is 82.7 Å². The maximum Gasteiger partial charge on any atom is 0.240 e. The van der Waals surface area contributed by atoms with E-state index in [1.807, 2.05) is 78.9 Å². The molecule has 1 aromatic heterocycles. The average molecular weight is 530 g/mol. The Morgan fingerprint density at radius 2 is 1.18 bits per heavy atom. The number of rotatable bonds is 6. The van der Waals surface area contributed by atoms with E-state index in [9.17, 15) is 8.42 Å². The van der Waals surface area contributed by atoms with Gasteiger partial charge in [0.05, 0.1) is 27.3 Å². The Morgan fingerprint density at radius 3 is 1.76 bits per heavy atom. The van der Waals surface area contributed by atoms with Gasteiger partial charge in [-0.3, -0.25) is 0 Å². The zero-order chi connectivity index (χ0) is 23.5. The molecule has 5 nitrogen and oxygen atoms in total. The van der Waals surface area contributed by atoms with Crippen molar-refractivity contribution in [2.75, 3.05) is 0 Å². The van der Waals surface area contributed by atoms with E-state index in [1.165, 1.54) is 0 Å². The topological polar surface area (TPSA) is 72.0 Å². The van der Waals surface area contributed by atoms with Gasteiger partial charge in [-0.2, -0.15) is 0 Å². The summed E-state index contributed by atoms with van der Waals surface area (Å²) in [5, 5.41) is 0. The van der Waals surface area contributed by atoms with Gasteiger partial charge in [-0.05, 0) is 42.0 Å². The number of fused-ring (bicyclic) bond motifs is 1. The first-order chi connectivity index (χ1) is 16.5. The van der Waals surface area contributed by atoms with Crippen LogP contribution in [0, 0.1) is 0 Å². The van der Waals surface area contributed by atoms with Crippen LogP contribution in [0.5, 0.6) is 0 Å². The number of hydrogen-bond acceptors (Lipinski definition) is 4. The fourth-order valence-corrected chi connectivity index (χ4v) is 4.94. The van der Waals surface area contributed by atoms with Gasteiger partial charge in [0.2, 0.25) is 10.0 Å². The molecule has 0 radical (unpaired) electrons. The van der Waals surface area contributed by atoms with Gasteiger partial charge in [0.1, 0.15) is 0 Å². The lowest BCUT2D eigenvalue weighted by atomic mass is 10.0. The van der Waals surface area contributed by atoms with Crippen LogP contribution in [0.15, 0.2) is 112 Å². The Kier molecular flexibility index (Phi) is 6.24. The van der Waals surface area contributed by atoms with Crippen molar-refractivity contribution in [2.24, 2.45) is 0 Å². The second-order valence-electron chi connectivity index (χ2n) is 7.75. The number of nitrogens with one attached hydrogen (secondary N) is 1. The first-order valence-electron chi connectivity index (χ1n) is 10.7. The molecule has 1 N–H and O–H groups in total. The molecule has 34 heavy (non-hydrogen) atoms. The molecule has 0 aliphatic rings. The molecule has 4 aromatic carbocycles. The number of benzene rings is 4. The maximum atomic E-state index is 12.6. The molecule has 168 valence electrons. The zero-order valence-electron chi connectivity index (χ0n) is 18.0. The number of para-hydroxylation sites is 2. The Morgan fingerprint density at radius 1 is 0.647 bits per heavy atom. The molecule has 5 rings (SSSR count). The van der Waals surface area contributed by atoms with Crippen molar-refractivity contribution in [2.45, 2.75) is 11.4 Å². The SMILES string of the molecule is O=S(=O)(NCc1ccc(-c2nc3ccccc3nc2-c2ccccc2)cc1)c1ccc(Br)cc1. The Bertz CT molecular complexity index is 1550. The molecule has 0 aliphatic heterocycles. The molecule has 0 spiro atoms. The quantitative estimate of drug-likeness (QED) is 0.284. The van der Waals surface area contributed by atoms with Crippen molar-refractivity contribution >= 4 is 37.0 Å². The van der Waals surface area contributed by atoms with Crippen molar-refractivity contribution in [3.63, 3.8) is 0 Å². The van der Waals surface area contributed by atoms with Crippen molar-refractivity contribution in [1.82, 2.24) is 14.7 Å². The predicted molar refractivity (Wildman–Crippen MR) is 139 cm³/mol. The second-order valence-corrected chi connectivity index (χ2v) is 10.4. The van der Waals surface area contributed by atoms with E-state index in [0.29, 0.717) is 0 Å². The molecule has 0 bridgehead atoms. The summed E-state index contributed by atoms with van der Waals surface area (Å²) in [5.41, 5.74) is 6.00. The number of hydrogen-bond donors (Lipinski definition) is 1. The van der Waals surface area contributed by atoms with E-state index in [-0.39, 0.29) is 11.4 Å². The smallest absolute Gasteiger partial charge is 0.240 e. The minimum atomic E-state index is -3.60. The van der Waals surface area contributed by atoms with Gasteiger partial charge in [0.15, 0.2) is 0 Å². The van der Waals surface area contributed by atoms with Crippen LogP contribution in [0.4, 0.5) is 0 Å². The van der Waals surface area contributed by atoms with Crippen molar-refractivity contribution < 1.29 is 8.42 Å². The zero-order valence-corrected chi connectivity index (χ0v) is 20.4. The number of sulfonamides is 1. The molecule has 5 aromatic rings. The summed E-state index contributed by atoms with van der Waals surface area (Å²) in [6.07, 6.45) is 0. The van der Waals surface area contributed by atoms with Crippen LogP contribution in [0.25, 0.3) is 33.5 Å². The van der Waals surface area contributed by atoms with Crippen LogP contribution in [-0.2, 0) is 16.6 Å². The third kappa shape index (κ3) is 4.77. The largest absolute Gasteiger partial charge is 0.244 e. The van der Waals surface area contributed by atoms with Gasteiger partial charge in [0, 0.05) is 22.1 Å². The van der Waals surface area contributed by atoms with E-state index < -0.39 is 10.0 Å². The van der Waals surface area contributed by atoms with Gasteiger partial charge in [-0.15, -0.1) is 0 Å². The summed E-state index contributed by atoms with van der Waals surface area (Å²) in [7, 11) is -3.60. The highest BCUT2D eigenvalue weighted by Crippen LogP contribution is 2.31. The van der Waals surface area contributed by atoms with Crippen LogP contribution in [-0.4, -0.2) is 18.4 Å². The third-order valence-electron chi connectivity index (χ3n) is 5.44. The van der Waals surface area contributed by atoms with Gasteiger partial charge in [0.25, 0.3) is 0 Å². The van der Waals surface area contributed by atoms with Crippen LogP contribution in [0.2, 0.25) is 0 Å². The monoisotopic (exact) mass is 529 g/mol. The van der Waals surface area contributed by atoms with E-state index >= 15 is 0 Å². The molecule has 7 heteroatoms. The summed E-state index contributed by atoms with van der Waals surface area (Å²) in [5.74, 6) is 0. The molecule has 0 atom stereocenters. The van der Waals surface area contributed by atoms with Gasteiger partial charge >= 0.3 is 0 Å². The summed E-state index contributed by atoms with van der Waals surface area (Å²) in [6, 6.07) is 32.1.